The van der Waals surface area contributed by atoms with Crippen LogP contribution in [0.15, 0.2) is 48.6 Å². The highest BCUT2D eigenvalue weighted by Gasteiger charge is 2.39. The number of ether oxygens (including phenoxy) is 2. The van der Waals surface area contributed by atoms with Crippen LogP contribution in [0.25, 0.3) is 0 Å². The van der Waals surface area contributed by atoms with Gasteiger partial charge in [0.25, 0.3) is 0 Å². The quantitative estimate of drug-likeness (QED) is 0.0564. The number of hydrogen-bond donors (Lipinski definition) is 7. The molecular weight excluding hydrogens is 556 g/mol. The molecule has 0 saturated heterocycles. The molecule has 0 radical (unpaired) electrons. The maximum Gasteiger partial charge on any atom is 0.306 e. The molecule has 1 fully saturated rings. The number of allylic oxidation sites excluding steroid dienone is 2. The molecule has 0 heterocycles. The van der Waals surface area contributed by atoms with E-state index in [1.165, 1.54) is 0 Å². The topological polar surface area (TPSA) is 202 Å². The number of hydrogen-bond acceptors (Lipinski definition) is 14. The molecule has 5 atom stereocenters. The van der Waals surface area contributed by atoms with Gasteiger partial charge in [-0.2, -0.15) is 0 Å². The Morgan fingerprint density at radius 2 is 1.75 bits per heavy atom. The zero-order valence-corrected chi connectivity index (χ0v) is 22.4. The van der Waals surface area contributed by atoms with Crippen LogP contribution >= 0.6 is 11.6 Å². The number of rotatable bonds is 18. The summed E-state index contributed by atoms with van der Waals surface area (Å²) in [5.41, 5.74) is 0. The van der Waals surface area contributed by atoms with Gasteiger partial charge in [0.05, 0.1) is 23.0 Å². The minimum absolute atomic E-state index is 0.00135. The van der Waals surface area contributed by atoms with Crippen molar-refractivity contribution in [1.29, 1.82) is 0 Å². The largest absolute Gasteiger partial charge is 0.491 e. The van der Waals surface area contributed by atoms with Crippen molar-refractivity contribution < 1.29 is 60.1 Å². The van der Waals surface area contributed by atoms with Crippen LogP contribution < -0.4 is 4.74 Å². The molecule has 1 saturated carbocycles. The lowest BCUT2D eigenvalue weighted by atomic mass is 9.89. The van der Waals surface area contributed by atoms with E-state index in [1.54, 1.807) is 36.4 Å². The lowest BCUT2D eigenvalue weighted by Crippen LogP contribution is -2.33. The molecule has 1 aromatic carbocycles. The van der Waals surface area contributed by atoms with Crippen molar-refractivity contribution in [1.82, 2.24) is 10.8 Å². The maximum absolute atomic E-state index is 12.0. The first kappa shape index (κ1) is 34.0. The van der Waals surface area contributed by atoms with Gasteiger partial charge in [0, 0.05) is 23.8 Å². The van der Waals surface area contributed by atoms with E-state index < -0.39 is 54.4 Å². The van der Waals surface area contributed by atoms with E-state index in [-0.39, 0.29) is 31.3 Å². The predicted molar refractivity (Wildman–Crippen MR) is 136 cm³/mol. The fourth-order valence-electron chi connectivity index (χ4n) is 4.15. The SMILES string of the molecule is O=C(CCC/C=C\C[C@@H]1[C@@H](/C=C/[C@@H](O)COc2cccc(Cl)c2)[C@H](O)C[C@@H]1O)OC(CON(O)O)CON(O)O. The summed E-state index contributed by atoms with van der Waals surface area (Å²) in [6.07, 6.45) is 5.02. The van der Waals surface area contributed by atoms with E-state index in [2.05, 4.69) is 9.68 Å². The zero-order chi connectivity index (χ0) is 29.5. The predicted octanol–water partition coefficient (Wildman–Crippen LogP) is 2.05. The molecular formula is C25H37ClN2O12. The zero-order valence-electron chi connectivity index (χ0n) is 21.7. The van der Waals surface area contributed by atoms with Gasteiger partial charge in [-0.3, -0.25) is 25.6 Å². The van der Waals surface area contributed by atoms with Gasteiger partial charge in [-0.15, -0.1) is 0 Å². The summed E-state index contributed by atoms with van der Waals surface area (Å²) in [6, 6.07) is 6.80. The number of carbonyl (C=O) groups is 1. The summed E-state index contributed by atoms with van der Waals surface area (Å²) in [4.78, 5) is 20.8. The molecule has 0 aromatic heterocycles. The molecule has 0 spiro atoms. The number of nitrogens with zero attached hydrogens (tertiary/aromatic N) is 2. The van der Waals surface area contributed by atoms with E-state index in [4.69, 9.17) is 41.9 Å². The monoisotopic (exact) mass is 592 g/mol. The second-order valence-corrected chi connectivity index (χ2v) is 9.58. The lowest BCUT2D eigenvalue weighted by Gasteiger charge is -2.20. The first-order chi connectivity index (χ1) is 19.0. The average Bonchev–Trinajstić information content (AvgIpc) is 3.16. The summed E-state index contributed by atoms with van der Waals surface area (Å²) >= 11 is 5.92. The highest BCUT2D eigenvalue weighted by molar-refractivity contribution is 6.30. The Morgan fingerprint density at radius 1 is 1.05 bits per heavy atom. The second-order valence-electron chi connectivity index (χ2n) is 9.14. The van der Waals surface area contributed by atoms with Gasteiger partial charge < -0.3 is 24.8 Å². The second kappa shape index (κ2) is 18.3. The van der Waals surface area contributed by atoms with E-state index in [0.717, 1.165) is 0 Å². The van der Waals surface area contributed by atoms with Crippen molar-refractivity contribution in [2.24, 2.45) is 11.8 Å². The van der Waals surface area contributed by atoms with Crippen LogP contribution in [0.5, 0.6) is 5.75 Å². The molecule has 7 N–H and O–H groups in total. The Bertz CT molecular complexity index is 923. The van der Waals surface area contributed by atoms with Crippen LogP contribution in [0.3, 0.4) is 0 Å². The van der Waals surface area contributed by atoms with E-state index in [9.17, 15) is 20.1 Å². The Morgan fingerprint density at radius 3 is 2.40 bits per heavy atom. The highest BCUT2D eigenvalue weighted by atomic mass is 35.5. The number of halogens is 1. The Balaban J connectivity index is 1.75. The molecule has 2 rings (SSSR count). The molecule has 0 aliphatic heterocycles. The van der Waals surface area contributed by atoms with Gasteiger partial charge in [0.1, 0.15) is 31.7 Å². The van der Waals surface area contributed by atoms with Gasteiger partial charge in [0.15, 0.2) is 6.10 Å². The van der Waals surface area contributed by atoms with Crippen LogP contribution in [0.4, 0.5) is 0 Å². The van der Waals surface area contributed by atoms with Gasteiger partial charge in [-0.25, -0.2) is 9.68 Å². The number of benzene rings is 1. The third-order valence-corrected chi connectivity index (χ3v) is 6.30. The van der Waals surface area contributed by atoms with E-state index >= 15 is 0 Å². The molecule has 14 nitrogen and oxygen atoms in total. The first-order valence-corrected chi connectivity index (χ1v) is 13.0. The van der Waals surface area contributed by atoms with Crippen LogP contribution in [-0.2, 0) is 19.2 Å². The van der Waals surface area contributed by atoms with Gasteiger partial charge in [-0.05, 0) is 43.4 Å². The van der Waals surface area contributed by atoms with Crippen LogP contribution in [0.2, 0.25) is 5.02 Å². The Labute approximate surface area is 236 Å². The summed E-state index contributed by atoms with van der Waals surface area (Å²) in [5.74, 6) is -0.744. The molecule has 0 unspecified atom stereocenters. The molecule has 40 heavy (non-hydrogen) atoms. The normalized spacial score (nSPS) is 22.3. The Hall–Kier alpha value is -2.18. The molecule has 0 amide bonds. The van der Waals surface area contributed by atoms with E-state index in [1.807, 2.05) is 12.2 Å². The fraction of sp³-hybridized carbons (Fsp3) is 0.560. The van der Waals surface area contributed by atoms with Crippen molar-refractivity contribution in [3.8, 4) is 5.75 Å². The van der Waals surface area contributed by atoms with Crippen LogP contribution in [0, 0.1) is 11.8 Å². The van der Waals surface area contributed by atoms with Gasteiger partial charge in [0.2, 0.25) is 0 Å². The van der Waals surface area contributed by atoms with Crippen molar-refractivity contribution >= 4 is 17.6 Å². The van der Waals surface area contributed by atoms with Crippen molar-refractivity contribution in [2.45, 2.75) is 56.5 Å². The summed E-state index contributed by atoms with van der Waals surface area (Å²) in [5, 5.41) is 64.8. The molecule has 226 valence electrons. The van der Waals surface area contributed by atoms with E-state index in [0.29, 0.717) is 30.0 Å². The average molecular weight is 593 g/mol. The van der Waals surface area contributed by atoms with Gasteiger partial charge in [-0.1, -0.05) is 42.0 Å². The molecule has 0 bridgehead atoms. The summed E-state index contributed by atoms with van der Waals surface area (Å²) < 4.78 is 10.6. The van der Waals surface area contributed by atoms with Crippen molar-refractivity contribution in [3.63, 3.8) is 0 Å². The maximum atomic E-state index is 12.0. The number of unbranched alkanes of at least 4 members (excludes halogenated alkanes) is 1. The molecule has 1 aliphatic carbocycles. The molecule has 1 aliphatic rings. The smallest absolute Gasteiger partial charge is 0.306 e. The third kappa shape index (κ3) is 13.5. The standard InChI is InChI=1S/C25H37ClN2O12/c26-17-6-5-7-19(12-17)37-14-18(29)10-11-22-21(23(30)13-24(22)31)8-3-1-2-4-9-25(32)40-20(15-38-27(33)34)16-39-28(35)36/h1,3,5-7,10-12,18,20-24,29-31,33-36H,2,4,8-9,13-16H2/b3-1-,11-10+/t18-,21-,22-,23+,24-/m1/s1. The number of esters is 1. The summed E-state index contributed by atoms with van der Waals surface area (Å²) in [7, 11) is 0. The number of aliphatic hydroxyl groups is 3. The third-order valence-electron chi connectivity index (χ3n) is 6.06. The molecule has 15 heteroatoms. The molecule has 1 aromatic rings. The lowest BCUT2D eigenvalue weighted by molar-refractivity contribution is -0.506. The Kier molecular flexibility index (Phi) is 15.6. The van der Waals surface area contributed by atoms with Crippen molar-refractivity contribution in [3.05, 3.63) is 53.6 Å². The first-order valence-electron chi connectivity index (χ1n) is 12.6. The van der Waals surface area contributed by atoms with Gasteiger partial charge >= 0.3 is 5.97 Å². The van der Waals surface area contributed by atoms with Crippen LogP contribution in [0.1, 0.15) is 32.1 Å². The summed E-state index contributed by atoms with van der Waals surface area (Å²) in [6.45, 7) is -1.05. The van der Waals surface area contributed by atoms with Crippen LogP contribution in [-0.4, -0.2) is 97.1 Å². The number of carbonyl (C=O) groups excluding carboxylic acids is 1. The highest BCUT2D eigenvalue weighted by Crippen LogP contribution is 2.36. The minimum atomic E-state index is -1.16. The van der Waals surface area contributed by atoms with Crippen molar-refractivity contribution in [2.75, 3.05) is 19.8 Å². The minimum Gasteiger partial charge on any atom is -0.491 e. The number of aliphatic hydroxyl groups excluding tert-OH is 3. The fourth-order valence-corrected chi connectivity index (χ4v) is 4.33.